The number of nitrogens with zero attached hydrogens (tertiary/aromatic N) is 2. The van der Waals surface area contributed by atoms with Crippen LogP contribution in [-0.2, 0) is 0 Å². The maximum Gasteiger partial charge on any atom is 0.203 e. The molecule has 1 fully saturated rings. The Balaban J connectivity index is 2.18. The lowest BCUT2D eigenvalue weighted by atomic mass is 10.1. The first-order chi connectivity index (χ1) is 6.18. The topological polar surface area (TPSA) is 31.9 Å². The third-order valence-corrected chi connectivity index (χ3v) is 3.10. The van der Waals surface area contributed by atoms with Crippen LogP contribution in [-0.4, -0.2) is 22.6 Å². The Hall–Kier alpha value is -0.990. The van der Waals surface area contributed by atoms with Crippen LogP contribution in [0.15, 0.2) is 6.20 Å². The summed E-state index contributed by atoms with van der Waals surface area (Å²) in [5.74, 6) is 1.82. The van der Waals surface area contributed by atoms with Gasteiger partial charge in [-0.25, -0.2) is 4.98 Å². The Morgan fingerprint density at radius 2 is 2.31 bits per heavy atom. The summed E-state index contributed by atoms with van der Waals surface area (Å²) >= 11 is 0. The van der Waals surface area contributed by atoms with Crippen molar-refractivity contribution in [3.63, 3.8) is 0 Å². The predicted molar refractivity (Wildman–Crippen MR) is 53.9 cm³/mol. The van der Waals surface area contributed by atoms with Crippen molar-refractivity contribution in [2.75, 3.05) is 11.4 Å². The molecule has 0 aromatic carbocycles. The molecular weight excluding hydrogens is 162 g/mol. The summed E-state index contributed by atoms with van der Waals surface area (Å²) in [6.07, 6.45) is 3.17. The number of aryl methyl sites for hydroxylation is 1. The second kappa shape index (κ2) is 3.05. The average Bonchev–Trinajstić information content (AvgIpc) is 2.62. The molecule has 13 heavy (non-hydrogen) atoms. The van der Waals surface area contributed by atoms with Gasteiger partial charge in [0.2, 0.25) is 5.95 Å². The molecule has 1 aromatic heterocycles. The van der Waals surface area contributed by atoms with E-state index in [1.807, 2.05) is 13.1 Å². The van der Waals surface area contributed by atoms with Crippen LogP contribution in [0.1, 0.15) is 26.0 Å². The Bertz CT molecular complexity index is 292. The van der Waals surface area contributed by atoms with E-state index in [-0.39, 0.29) is 0 Å². The lowest BCUT2D eigenvalue weighted by molar-refractivity contribution is 0.543. The summed E-state index contributed by atoms with van der Waals surface area (Å²) in [7, 11) is 0. The van der Waals surface area contributed by atoms with Crippen molar-refractivity contribution in [1.82, 2.24) is 9.97 Å². The molecule has 1 saturated heterocycles. The number of anilines is 1. The Labute approximate surface area is 79.2 Å². The van der Waals surface area contributed by atoms with Crippen molar-refractivity contribution in [3.05, 3.63) is 11.9 Å². The number of hydrogen-bond donors (Lipinski definition) is 1. The molecule has 0 bridgehead atoms. The smallest absolute Gasteiger partial charge is 0.203 e. The predicted octanol–water partition coefficient (Wildman–Crippen LogP) is 1.95. The molecule has 72 valence electrons. The molecule has 0 amide bonds. The first-order valence-corrected chi connectivity index (χ1v) is 4.96. The van der Waals surface area contributed by atoms with E-state index in [0.717, 1.165) is 24.1 Å². The van der Waals surface area contributed by atoms with Crippen LogP contribution in [0, 0.1) is 12.8 Å². The third-order valence-electron chi connectivity index (χ3n) is 3.10. The van der Waals surface area contributed by atoms with Gasteiger partial charge in [0.15, 0.2) is 0 Å². The van der Waals surface area contributed by atoms with Crippen molar-refractivity contribution in [3.8, 4) is 0 Å². The van der Waals surface area contributed by atoms with Crippen LogP contribution in [0.3, 0.4) is 0 Å². The Morgan fingerprint density at radius 3 is 2.77 bits per heavy atom. The van der Waals surface area contributed by atoms with Gasteiger partial charge in [0.1, 0.15) is 0 Å². The maximum absolute atomic E-state index is 4.35. The van der Waals surface area contributed by atoms with E-state index in [1.165, 1.54) is 6.42 Å². The highest BCUT2D eigenvalue weighted by atomic mass is 15.3. The van der Waals surface area contributed by atoms with E-state index in [0.29, 0.717) is 6.04 Å². The van der Waals surface area contributed by atoms with Crippen molar-refractivity contribution in [2.45, 2.75) is 33.2 Å². The van der Waals surface area contributed by atoms with E-state index >= 15 is 0 Å². The first-order valence-electron chi connectivity index (χ1n) is 4.96. The monoisotopic (exact) mass is 179 g/mol. The van der Waals surface area contributed by atoms with Crippen LogP contribution in [0.5, 0.6) is 0 Å². The number of imidazole rings is 1. The summed E-state index contributed by atoms with van der Waals surface area (Å²) in [6, 6.07) is 0.616. The van der Waals surface area contributed by atoms with Gasteiger partial charge in [0.05, 0.1) is 0 Å². The average molecular weight is 179 g/mol. The van der Waals surface area contributed by atoms with E-state index in [9.17, 15) is 0 Å². The fraction of sp³-hybridized carbons (Fsp3) is 0.700. The fourth-order valence-corrected chi connectivity index (χ4v) is 1.94. The van der Waals surface area contributed by atoms with Crippen LogP contribution < -0.4 is 4.90 Å². The molecule has 3 nitrogen and oxygen atoms in total. The Morgan fingerprint density at radius 1 is 1.54 bits per heavy atom. The molecule has 1 aliphatic rings. The molecule has 2 rings (SSSR count). The fourth-order valence-electron chi connectivity index (χ4n) is 1.94. The zero-order valence-corrected chi connectivity index (χ0v) is 8.54. The number of H-pyrrole nitrogens is 1. The zero-order valence-electron chi connectivity index (χ0n) is 8.54. The number of rotatable bonds is 1. The maximum atomic E-state index is 4.35. The minimum atomic E-state index is 0.616. The SMILES string of the molecule is Cc1cnc(N2CCC(C)C2C)[nH]1. The van der Waals surface area contributed by atoms with Crippen molar-refractivity contribution in [2.24, 2.45) is 5.92 Å². The molecular formula is C10H17N3. The van der Waals surface area contributed by atoms with Gasteiger partial charge in [-0.3, -0.25) is 0 Å². The van der Waals surface area contributed by atoms with Crippen LogP contribution in [0.25, 0.3) is 0 Å². The van der Waals surface area contributed by atoms with Crippen LogP contribution in [0.2, 0.25) is 0 Å². The highest BCUT2D eigenvalue weighted by molar-refractivity contribution is 5.34. The zero-order chi connectivity index (χ0) is 9.42. The molecule has 0 radical (unpaired) electrons. The Kier molecular flexibility index (Phi) is 2.02. The van der Waals surface area contributed by atoms with Gasteiger partial charge in [0, 0.05) is 24.5 Å². The van der Waals surface area contributed by atoms with Gasteiger partial charge in [-0.1, -0.05) is 6.92 Å². The van der Waals surface area contributed by atoms with Crippen molar-refractivity contribution >= 4 is 5.95 Å². The van der Waals surface area contributed by atoms with Gasteiger partial charge in [-0.15, -0.1) is 0 Å². The van der Waals surface area contributed by atoms with Gasteiger partial charge < -0.3 is 9.88 Å². The number of nitrogens with one attached hydrogen (secondary N) is 1. The van der Waals surface area contributed by atoms with E-state index < -0.39 is 0 Å². The number of aromatic amines is 1. The minimum Gasteiger partial charge on any atom is -0.339 e. The van der Waals surface area contributed by atoms with Crippen LogP contribution in [0.4, 0.5) is 5.95 Å². The normalized spacial score (nSPS) is 28.4. The lowest BCUT2D eigenvalue weighted by Crippen LogP contribution is -2.29. The van der Waals surface area contributed by atoms with Crippen molar-refractivity contribution < 1.29 is 0 Å². The number of aromatic nitrogens is 2. The van der Waals surface area contributed by atoms with Gasteiger partial charge in [-0.2, -0.15) is 0 Å². The largest absolute Gasteiger partial charge is 0.339 e. The standard InChI is InChI=1S/C10H17N3/c1-7-4-5-13(9(7)3)10-11-6-8(2)12-10/h6-7,9H,4-5H2,1-3H3,(H,11,12). The molecule has 1 aliphatic heterocycles. The van der Waals surface area contributed by atoms with E-state index in [1.54, 1.807) is 0 Å². The third kappa shape index (κ3) is 1.43. The second-order valence-electron chi connectivity index (χ2n) is 4.09. The van der Waals surface area contributed by atoms with Gasteiger partial charge >= 0.3 is 0 Å². The van der Waals surface area contributed by atoms with Gasteiger partial charge in [0.25, 0.3) is 0 Å². The summed E-state index contributed by atoms with van der Waals surface area (Å²) in [5.41, 5.74) is 1.14. The highest BCUT2D eigenvalue weighted by Crippen LogP contribution is 2.26. The summed E-state index contributed by atoms with van der Waals surface area (Å²) in [4.78, 5) is 10.00. The first kappa shape index (κ1) is 8.60. The molecule has 3 heteroatoms. The molecule has 2 atom stereocenters. The lowest BCUT2D eigenvalue weighted by Gasteiger charge is -2.22. The molecule has 0 aliphatic carbocycles. The second-order valence-corrected chi connectivity index (χ2v) is 4.09. The van der Waals surface area contributed by atoms with Crippen molar-refractivity contribution in [1.29, 1.82) is 0 Å². The quantitative estimate of drug-likeness (QED) is 0.714. The summed E-state index contributed by atoms with van der Waals surface area (Å²) in [5, 5.41) is 0. The molecule has 2 unspecified atom stereocenters. The minimum absolute atomic E-state index is 0.616. The van der Waals surface area contributed by atoms with E-state index in [2.05, 4.69) is 28.7 Å². The van der Waals surface area contributed by atoms with E-state index in [4.69, 9.17) is 0 Å². The summed E-state index contributed by atoms with van der Waals surface area (Å²) in [6.45, 7) is 7.76. The molecule has 2 heterocycles. The molecule has 1 aromatic rings. The van der Waals surface area contributed by atoms with Crippen LogP contribution >= 0.6 is 0 Å². The summed E-state index contributed by atoms with van der Waals surface area (Å²) < 4.78 is 0. The van der Waals surface area contributed by atoms with Gasteiger partial charge in [-0.05, 0) is 26.2 Å². The molecule has 0 saturated carbocycles. The number of hydrogen-bond acceptors (Lipinski definition) is 2. The highest BCUT2D eigenvalue weighted by Gasteiger charge is 2.28. The molecule has 0 spiro atoms. The molecule has 1 N–H and O–H groups in total.